The smallest absolute Gasteiger partial charge is 0.220 e. The van der Waals surface area contributed by atoms with E-state index in [0.717, 1.165) is 32.2 Å². The number of carbonyl (C=O) groups excluding carboxylic acids is 1. The van der Waals surface area contributed by atoms with Gasteiger partial charge in [-0.05, 0) is 37.4 Å². The molecule has 1 amide bonds. The number of nitrogens with two attached hydrogens (primary N) is 1. The highest BCUT2D eigenvalue weighted by Gasteiger charge is 2.02. The van der Waals surface area contributed by atoms with Crippen molar-refractivity contribution in [3.63, 3.8) is 0 Å². The van der Waals surface area contributed by atoms with E-state index in [1.807, 2.05) is 12.1 Å². The van der Waals surface area contributed by atoms with Gasteiger partial charge in [0.2, 0.25) is 5.91 Å². The van der Waals surface area contributed by atoms with Crippen LogP contribution in [0, 0.1) is 6.92 Å². The minimum Gasteiger partial charge on any atom is -0.352 e. The number of hydrogen-bond donors (Lipinski definition) is 2. The molecule has 0 aliphatic heterocycles. The Labute approximate surface area is 122 Å². The lowest BCUT2D eigenvalue weighted by molar-refractivity contribution is -0.121. The van der Waals surface area contributed by atoms with Gasteiger partial charge in [0.05, 0.1) is 0 Å². The molecule has 1 aromatic rings. The van der Waals surface area contributed by atoms with Crippen LogP contribution in [0.3, 0.4) is 0 Å². The molecule has 0 aliphatic rings. The fraction of sp³-hybridized carbons (Fsp3) is 0.533. The third-order valence-corrected chi connectivity index (χ3v) is 3.10. The van der Waals surface area contributed by atoms with E-state index in [1.165, 1.54) is 11.1 Å². The van der Waals surface area contributed by atoms with Gasteiger partial charge in [0, 0.05) is 13.0 Å². The predicted octanol–water partition coefficient (Wildman–Crippen LogP) is 2.94. The second-order valence-electron chi connectivity index (χ2n) is 4.66. The Hall–Kier alpha value is -1.06. The Morgan fingerprint density at radius 1 is 1.16 bits per heavy atom. The maximum atomic E-state index is 11.6. The summed E-state index contributed by atoms with van der Waals surface area (Å²) in [6.45, 7) is 3.45. The lowest BCUT2D eigenvalue weighted by Crippen LogP contribution is -2.22. The van der Waals surface area contributed by atoms with Crippen molar-refractivity contribution in [1.29, 1.82) is 0 Å². The van der Waals surface area contributed by atoms with Gasteiger partial charge in [0.25, 0.3) is 0 Å². The number of unbranched alkanes of at least 4 members (excludes halogenated alkanes) is 3. The molecule has 0 unspecified atom stereocenters. The average molecular weight is 285 g/mol. The summed E-state index contributed by atoms with van der Waals surface area (Å²) < 4.78 is 0. The molecule has 1 rings (SSSR count). The average Bonchev–Trinajstić information content (AvgIpc) is 2.37. The van der Waals surface area contributed by atoms with Crippen molar-refractivity contribution in [1.82, 2.24) is 5.32 Å². The number of halogens is 1. The van der Waals surface area contributed by atoms with E-state index in [-0.39, 0.29) is 18.3 Å². The second kappa shape index (κ2) is 10.8. The third-order valence-electron chi connectivity index (χ3n) is 3.10. The molecule has 0 aliphatic carbocycles. The zero-order chi connectivity index (χ0) is 13.2. The molecule has 3 nitrogen and oxygen atoms in total. The maximum absolute atomic E-state index is 11.6. The summed E-state index contributed by atoms with van der Waals surface area (Å²) in [5, 5.41) is 2.97. The van der Waals surface area contributed by atoms with Gasteiger partial charge in [0.1, 0.15) is 0 Å². The van der Waals surface area contributed by atoms with Crippen molar-refractivity contribution >= 4 is 18.3 Å². The van der Waals surface area contributed by atoms with Crippen molar-refractivity contribution in [2.24, 2.45) is 5.73 Å². The van der Waals surface area contributed by atoms with Crippen LogP contribution < -0.4 is 11.1 Å². The van der Waals surface area contributed by atoms with Crippen LogP contribution in [0.5, 0.6) is 0 Å². The standard InChI is InChI=1S/C15H24N2O.ClH/c1-13-8-5-6-9-14(13)12-17-15(18)10-4-2-3-7-11-16;/h5-6,8-9H,2-4,7,10-12,16H2,1H3,(H,17,18);1H. The van der Waals surface area contributed by atoms with E-state index < -0.39 is 0 Å². The normalized spacial score (nSPS) is 9.79. The molecule has 19 heavy (non-hydrogen) atoms. The molecule has 0 fully saturated rings. The molecule has 108 valence electrons. The molecule has 3 N–H and O–H groups in total. The quantitative estimate of drug-likeness (QED) is 0.721. The molecular formula is C15H25ClN2O. The van der Waals surface area contributed by atoms with Crippen molar-refractivity contribution in [3.8, 4) is 0 Å². The number of rotatable bonds is 8. The highest BCUT2D eigenvalue weighted by Crippen LogP contribution is 2.07. The summed E-state index contributed by atoms with van der Waals surface area (Å²) in [6, 6.07) is 8.13. The molecule has 0 heterocycles. The van der Waals surface area contributed by atoms with Gasteiger partial charge in [-0.1, -0.05) is 37.1 Å². The fourth-order valence-corrected chi connectivity index (χ4v) is 1.87. The van der Waals surface area contributed by atoms with E-state index in [9.17, 15) is 4.79 Å². The van der Waals surface area contributed by atoms with Gasteiger partial charge in [0.15, 0.2) is 0 Å². The number of nitrogens with one attached hydrogen (secondary N) is 1. The van der Waals surface area contributed by atoms with Crippen molar-refractivity contribution in [3.05, 3.63) is 35.4 Å². The van der Waals surface area contributed by atoms with E-state index >= 15 is 0 Å². The zero-order valence-corrected chi connectivity index (χ0v) is 12.5. The van der Waals surface area contributed by atoms with Crippen LogP contribution in [0.25, 0.3) is 0 Å². The van der Waals surface area contributed by atoms with Crippen LogP contribution >= 0.6 is 12.4 Å². The first kappa shape index (κ1) is 17.9. The number of hydrogen-bond acceptors (Lipinski definition) is 2. The Kier molecular flexibility index (Phi) is 10.2. The third kappa shape index (κ3) is 7.85. The summed E-state index contributed by atoms with van der Waals surface area (Å²) >= 11 is 0. The van der Waals surface area contributed by atoms with Gasteiger partial charge < -0.3 is 11.1 Å². The lowest BCUT2D eigenvalue weighted by atomic mass is 10.1. The molecule has 1 aromatic carbocycles. The number of aryl methyl sites for hydroxylation is 1. The van der Waals surface area contributed by atoms with Gasteiger partial charge in [-0.3, -0.25) is 4.79 Å². The molecule has 0 saturated heterocycles. The molecule has 0 atom stereocenters. The van der Waals surface area contributed by atoms with E-state index in [4.69, 9.17) is 5.73 Å². The van der Waals surface area contributed by atoms with Gasteiger partial charge >= 0.3 is 0 Å². The van der Waals surface area contributed by atoms with Crippen molar-refractivity contribution in [2.45, 2.75) is 45.6 Å². The summed E-state index contributed by atoms with van der Waals surface area (Å²) in [7, 11) is 0. The number of benzene rings is 1. The molecule has 4 heteroatoms. The monoisotopic (exact) mass is 284 g/mol. The molecule has 0 aromatic heterocycles. The van der Waals surface area contributed by atoms with Crippen LogP contribution in [0.15, 0.2) is 24.3 Å². The van der Waals surface area contributed by atoms with Crippen molar-refractivity contribution < 1.29 is 4.79 Å². The second-order valence-corrected chi connectivity index (χ2v) is 4.66. The molecule has 0 bridgehead atoms. The van der Waals surface area contributed by atoms with E-state index in [1.54, 1.807) is 0 Å². The predicted molar refractivity (Wildman–Crippen MR) is 82.4 cm³/mol. The summed E-state index contributed by atoms with van der Waals surface area (Å²) in [4.78, 5) is 11.6. The summed E-state index contributed by atoms with van der Waals surface area (Å²) in [6.07, 6.45) is 4.86. The van der Waals surface area contributed by atoms with Crippen LogP contribution in [-0.4, -0.2) is 12.5 Å². The number of carbonyl (C=O) groups is 1. The highest BCUT2D eigenvalue weighted by atomic mass is 35.5. The van der Waals surface area contributed by atoms with Gasteiger partial charge in [-0.25, -0.2) is 0 Å². The lowest BCUT2D eigenvalue weighted by Gasteiger charge is -2.07. The summed E-state index contributed by atoms with van der Waals surface area (Å²) in [5.74, 6) is 0.144. The maximum Gasteiger partial charge on any atom is 0.220 e. The van der Waals surface area contributed by atoms with Crippen LogP contribution in [0.1, 0.15) is 43.2 Å². The minimum atomic E-state index is 0. The minimum absolute atomic E-state index is 0. The first-order chi connectivity index (χ1) is 8.74. The number of amides is 1. The Bertz CT molecular complexity index is 369. The Morgan fingerprint density at radius 2 is 1.84 bits per heavy atom. The van der Waals surface area contributed by atoms with Gasteiger partial charge in [-0.15, -0.1) is 12.4 Å². The largest absolute Gasteiger partial charge is 0.352 e. The molecule has 0 radical (unpaired) electrons. The highest BCUT2D eigenvalue weighted by molar-refractivity contribution is 5.85. The Morgan fingerprint density at radius 3 is 2.53 bits per heavy atom. The molecular weight excluding hydrogens is 260 g/mol. The summed E-state index contributed by atoms with van der Waals surface area (Å²) in [5.41, 5.74) is 7.83. The van der Waals surface area contributed by atoms with E-state index in [2.05, 4.69) is 24.4 Å². The SMILES string of the molecule is Cc1ccccc1CNC(=O)CCCCCCN.Cl. The Balaban J connectivity index is 0.00000324. The fourth-order valence-electron chi connectivity index (χ4n) is 1.87. The molecule has 0 saturated carbocycles. The van der Waals surface area contributed by atoms with Gasteiger partial charge in [-0.2, -0.15) is 0 Å². The van der Waals surface area contributed by atoms with E-state index in [0.29, 0.717) is 13.0 Å². The first-order valence-corrected chi connectivity index (χ1v) is 6.75. The zero-order valence-electron chi connectivity index (χ0n) is 11.7. The van der Waals surface area contributed by atoms with Crippen molar-refractivity contribution in [2.75, 3.05) is 6.54 Å². The van der Waals surface area contributed by atoms with Crippen LogP contribution in [0.2, 0.25) is 0 Å². The first-order valence-electron chi connectivity index (χ1n) is 6.75. The van der Waals surface area contributed by atoms with Crippen LogP contribution in [0.4, 0.5) is 0 Å². The molecule has 0 spiro atoms. The topological polar surface area (TPSA) is 55.1 Å². The van der Waals surface area contributed by atoms with Crippen LogP contribution in [-0.2, 0) is 11.3 Å².